The van der Waals surface area contributed by atoms with Crippen molar-refractivity contribution in [2.24, 2.45) is 0 Å². The van der Waals surface area contributed by atoms with E-state index in [1.807, 2.05) is 52.0 Å². The summed E-state index contributed by atoms with van der Waals surface area (Å²) in [6.45, 7) is 4.61. The number of hydrogen-bond acceptors (Lipinski definition) is 4. The number of carbonyl (C=O) groups excluding carboxylic acids is 1. The molecule has 1 aromatic carbocycles. The highest BCUT2D eigenvalue weighted by atomic mass is 16.5. The lowest BCUT2D eigenvalue weighted by atomic mass is 10.1. The molecule has 1 fully saturated rings. The van der Waals surface area contributed by atoms with E-state index >= 15 is 0 Å². The number of ether oxygens (including phenoxy) is 1. The first kappa shape index (κ1) is 16.3. The zero-order valence-corrected chi connectivity index (χ0v) is 15.2. The fraction of sp³-hybridized carbons (Fsp3) is 0.333. The maximum atomic E-state index is 12.9. The average Bonchev–Trinajstić information content (AvgIpc) is 3.27. The summed E-state index contributed by atoms with van der Waals surface area (Å²) in [5.41, 5.74) is 5.13. The molecule has 0 unspecified atom stereocenters. The second-order valence-corrected chi connectivity index (χ2v) is 7.08. The van der Waals surface area contributed by atoms with Crippen molar-refractivity contribution in [2.75, 3.05) is 37.7 Å². The Hall–Kier alpha value is -2.86. The number of hydrogen-bond donors (Lipinski definition) is 0. The maximum Gasteiger partial charge on any atom is 0.254 e. The van der Waals surface area contributed by atoms with Gasteiger partial charge in [0, 0.05) is 61.8 Å². The van der Waals surface area contributed by atoms with Crippen LogP contribution in [0.25, 0.3) is 5.65 Å². The van der Waals surface area contributed by atoms with Gasteiger partial charge in [0.2, 0.25) is 0 Å². The first-order valence-electron chi connectivity index (χ1n) is 9.46. The topological polar surface area (TPSA) is 50.1 Å². The van der Waals surface area contributed by atoms with Crippen LogP contribution in [0.1, 0.15) is 21.6 Å². The Morgan fingerprint density at radius 2 is 1.96 bits per heavy atom. The summed E-state index contributed by atoms with van der Waals surface area (Å²) in [5.74, 6) is 0.129. The first-order valence-corrected chi connectivity index (χ1v) is 9.46. The number of rotatable bonds is 4. The van der Waals surface area contributed by atoms with Crippen LogP contribution in [0.5, 0.6) is 0 Å². The number of fused-ring (bicyclic) bond motifs is 2. The predicted molar refractivity (Wildman–Crippen MR) is 103 cm³/mol. The van der Waals surface area contributed by atoms with Gasteiger partial charge in [-0.2, -0.15) is 0 Å². The van der Waals surface area contributed by atoms with Gasteiger partial charge in [-0.15, -0.1) is 0 Å². The zero-order valence-electron chi connectivity index (χ0n) is 15.2. The number of carbonyl (C=O) groups is 1. The van der Waals surface area contributed by atoms with Gasteiger partial charge in [0.25, 0.3) is 5.91 Å². The summed E-state index contributed by atoms with van der Waals surface area (Å²) in [6, 6.07) is 12.0. The minimum absolute atomic E-state index is 0.129. The van der Waals surface area contributed by atoms with Gasteiger partial charge in [-0.3, -0.25) is 4.79 Å². The van der Waals surface area contributed by atoms with Crippen LogP contribution in [0.4, 0.5) is 5.69 Å². The summed E-state index contributed by atoms with van der Waals surface area (Å²) in [6.07, 6.45) is 4.80. The third-order valence-corrected chi connectivity index (χ3v) is 5.42. The molecular formula is C21H22N4O2. The monoisotopic (exact) mass is 362 g/mol. The smallest absolute Gasteiger partial charge is 0.254 e. The summed E-state index contributed by atoms with van der Waals surface area (Å²) in [4.78, 5) is 21.8. The summed E-state index contributed by atoms with van der Waals surface area (Å²) in [5, 5.41) is 0. The Balaban J connectivity index is 1.33. The van der Waals surface area contributed by atoms with Crippen LogP contribution < -0.4 is 4.90 Å². The standard InChI is InChI=1S/C21H22N4O2/c26-21-17-4-3-5-19(23-10-12-27-13-11-23)18(17)15-25(21)9-7-16-14-24-8-2-1-6-20(24)22-16/h1-6,8,14H,7,9-13,15H2. The van der Waals surface area contributed by atoms with Crippen molar-refractivity contribution in [3.05, 3.63) is 65.6 Å². The van der Waals surface area contributed by atoms with Crippen molar-refractivity contribution in [2.45, 2.75) is 13.0 Å². The van der Waals surface area contributed by atoms with Crippen molar-refractivity contribution in [1.29, 1.82) is 0 Å². The lowest BCUT2D eigenvalue weighted by molar-refractivity contribution is 0.0780. The molecule has 5 rings (SSSR count). The maximum absolute atomic E-state index is 12.9. The Bertz CT molecular complexity index is 958. The number of benzene rings is 1. The molecule has 1 amide bonds. The van der Waals surface area contributed by atoms with E-state index in [0.717, 1.165) is 55.2 Å². The van der Waals surface area contributed by atoms with Crippen LogP contribution in [0.2, 0.25) is 0 Å². The molecule has 2 aliphatic heterocycles. The molecular weight excluding hydrogens is 340 g/mol. The van der Waals surface area contributed by atoms with Crippen LogP contribution in [-0.4, -0.2) is 53.0 Å². The van der Waals surface area contributed by atoms with Crippen molar-refractivity contribution < 1.29 is 9.53 Å². The Morgan fingerprint density at radius 1 is 1.07 bits per heavy atom. The Morgan fingerprint density at radius 3 is 2.81 bits per heavy atom. The van der Waals surface area contributed by atoms with Gasteiger partial charge in [-0.05, 0) is 24.3 Å². The minimum atomic E-state index is 0.129. The highest BCUT2D eigenvalue weighted by Gasteiger charge is 2.30. The van der Waals surface area contributed by atoms with E-state index in [-0.39, 0.29) is 5.91 Å². The lowest BCUT2D eigenvalue weighted by Crippen LogP contribution is -2.36. The molecule has 0 bridgehead atoms. The van der Waals surface area contributed by atoms with E-state index < -0.39 is 0 Å². The number of pyridine rings is 1. The van der Waals surface area contributed by atoms with Gasteiger partial charge < -0.3 is 18.9 Å². The summed E-state index contributed by atoms with van der Waals surface area (Å²) in [7, 11) is 0. The molecule has 0 spiro atoms. The van der Waals surface area contributed by atoms with Crippen LogP contribution in [0, 0.1) is 0 Å². The first-order chi connectivity index (χ1) is 13.3. The number of nitrogens with zero attached hydrogens (tertiary/aromatic N) is 4. The van der Waals surface area contributed by atoms with Crippen molar-refractivity contribution >= 4 is 17.2 Å². The second kappa shape index (κ2) is 6.70. The SMILES string of the molecule is O=C1c2cccc(N3CCOCC3)c2CN1CCc1cn2ccccc2n1. The van der Waals surface area contributed by atoms with Gasteiger partial charge in [0.05, 0.1) is 18.9 Å². The van der Waals surface area contributed by atoms with Crippen LogP contribution in [-0.2, 0) is 17.7 Å². The van der Waals surface area contributed by atoms with E-state index in [9.17, 15) is 4.79 Å². The zero-order chi connectivity index (χ0) is 18.2. The van der Waals surface area contributed by atoms with E-state index in [2.05, 4.69) is 16.0 Å². The quantitative estimate of drug-likeness (QED) is 0.715. The van der Waals surface area contributed by atoms with E-state index in [1.54, 1.807) is 0 Å². The third-order valence-electron chi connectivity index (χ3n) is 5.42. The molecule has 0 saturated carbocycles. The van der Waals surface area contributed by atoms with Crippen molar-refractivity contribution in [1.82, 2.24) is 14.3 Å². The molecule has 138 valence electrons. The lowest BCUT2D eigenvalue weighted by Gasteiger charge is -2.30. The van der Waals surface area contributed by atoms with Gasteiger partial charge in [-0.25, -0.2) is 4.98 Å². The molecule has 1 saturated heterocycles. The molecule has 3 aromatic rings. The van der Waals surface area contributed by atoms with Crippen LogP contribution in [0.15, 0.2) is 48.8 Å². The largest absolute Gasteiger partial charge is 0.378 e. The highest BCUT2D eigenvalue weighted by molar-refractivity contribution is 6.00. The Labute approximate surface area is 158 Å². The van der Waals surface area contributed by atoms with Gasteiger partial charge >= 0.3 is 0 Å². The number of amides is 1. The molecule has 4 heterocycles. The number of anilines is 1. The Kier molecular flexibility index (Phi) is 4.05. The fourth-order valence-corrected chi connectivity index (χ4v) is 4.01. The number of morpholine rings is 1. The van der Waals surface area contributed by atoms with Gasteiger partial charge in [-0.1, -0.05) is 12.1 Å². The second-order valence-electron chi connectivity index (χ2n) is 7.08. The molecule has 2 aliphatic rings. The minimum Gasteiger partial charge on any atom is -0.378 e. The molecule has 6 heteroatoms. The van der Waals surface area contributed by atoms with Gasteiger partial charge in [0.1, 0.15) is 5.65 Å². The summed E-state index contributed by atoms with van der Waals surface area (Å²) >= 11 is 0. The third kappa shape index (κ3) is 2.96. The number of aromatic nitrogens is 2. The van der Waals surface area contributed by atoms with Crippen LogP contribution in [0.3, 0.4) is 0 Å². The normalized spacial score (nSPS) is 17.0. The molecule has 6 nitrogen and oxygen atoms in total. The summed E-state index contributed by atoms with van der Waals surface area (Å²) < 4.78 is 7.49. The van der Waals surface area contributed by atoms with Crippen molar-refractivity contribution in [3.8, 4) is 0 Å². The fourth-order valence-electron chi connectivity index (χ4n) is 4.01. The van der Waals surface area contributed by atoms with Crippen molar-refractivity contribution in [3.63, 3.8) is 0 Å². The molecule has 0 radical (unpaired) electrons. The number of imidazole rings is 1. The molecule has 27 heavy (non-hydrogen) atoms. The van der Waals surface area contributed by atoms with E-state index in [0.29, 0.717) is 13.1 Å². The van der Waals surface area contributed by atoms with E-state index in [4.69, 9.17) is 4.74 Å². The average molecular weight is 362 g/mol. The van der Waals surface area contributed by atoms with Gasteiger partial charge in [0.15, 0.2) is 0 Å². The molecule has 0 N–H and O–H groups in total. The van der Waals surface area contributed by atoms with E-state index in [1.165, 1.54) is 5.69 Å². The highest BCUT2D eigenvalue weighted by Crippen LogP contribution is 2.32. The molecule has 0 atom stereocenters. The molecule has 2 aromatic heterocycles. The predicted octanol–water partition coefficient (Wildman–Crippen LogP) is 2.37. The van der Waals surface area contributed by atoms with Crippen LogP contribution >= 0.6 is 0 Å². The molecule has 0 aliphatic carbocycles.